The average Bonchev–Trinajstić information content (AvgIpc) is 2.39. The Morgan fingerprint density at radius 2 is 1.72 bits per heavy atom. The minimum absolute atomic E-state index is 0.601. The molecule has 0 aliphatic heterocycles. The van der Waals surface area contributed by atoms with Crippen LogP contribution in [-0.2, 0) is 17.8 Å². The molecule has 2 N–H and O–H groups in total. The molecule has 0 aromatic heterocycles. The van der Waals surface area contributed by atoms with Crippen molar-refractivity contribution in [3.8, 4) is 0 Å². The zero-order valence-electron chi connectivity index (χ0n) is 10.1. The van der Waals surface area contributed by atoms with Crippen LogP contribution >= 0.6 is 11.6 Å². The number of para-hydroxylation sites is 1. The van der Waals surface area contributed by atoms with Gasteiger partial charge in [-0.1, -0.05) is 41.9 Å². The highest BCUT2D eigenvalue weighted by Crippen LogP contribution is 2.12. The van der Waals surface area contributed by atoms with Crippen molar-refractivity contribution in [1.82, 2.24) is 0 Å². The summed E-state index contributed by atoms with van der Waals surface area (Å²) in [7, 11) is 0. The van der Waals surface area contributed by atoms with Gasteiger partial charge in [-0.3, -0.25) is 0 Å². The highest BCUT2D eigenvalue weighted by atomic mass is 35.5. The molecule has 0 fully saturated rings. The Morgan fingerprint density at radius 1 is 1.00 bits per heavy atom. The molecule has 0 amide bonds. The Morgan fingerprint density at radius 3 is 2.44 bits per heavy atom. The van der Waals surface area contributed by atoms with E-state index in [4.69, 9.17) is 22.1 Å². The van der Waals surface area contributed by atoms with Gasteiger partial charge in [0, 0.05) is 10.7 Å². The number of hydrogen-bond donors (Lipinski definition) is 1. The second kappa shape index (κ2) is 6.43. The summed E-state index contributed by atoms with van der Waals surface area (Å²) in [5, 5.41) is 0.746. The SMILES string of the molecule is Nc1ccccc1CCOCc1ccc(Cl)cc1. The van der Waals surface area contributed by atoms with Gasteiger partial charge in [0.15, 0.2) is 0 Å². The van der Waals surface area contributed by atoms with E-state index >= 15 is 0 Å². The average molecular weight is 262 g/mol. The first-order valence-corrected chi connectivity index (χ1v) is 6.29. The minimum Gasteiger partial charge on any atom is -0.399 e. The van der Waals surface area contributed by atoms with Gasteiger partial charge in [0.2, 0.25) is 0 Å². The topological polar surface area (TPSA) is 35.2 Å². The van der Waals surface area contributed by atoms with Gasteiger partial charge in [-0.2, -0.15) is 0 Å². The summed E-state index contributed by atoms with van der Waals surface area (Å²) in [6.45, 7) is 1.26. The third kappa shape index (κ3) is 3.76. The Labute approximate surface area is 112 Å². The summed E-state index contributed by atoms with van der Waals surface area (Å²) in [4.78, 5) is 0. The molecule has 0 atom stereocenters. The molecule has 94 valence electrons. The van der Waals surface area contributed by atoms with Crippen LogP contribution in [0, 0.1) is 0 Å². The third-order valence-electron chi connectivity index (χ3n) is 2.75. The van der Waals surface area contributed by atoms with E-state index in [0.29, 0.717) is 13.2 Å². The Kier molecular flexibility index (Phi) is 4.62. The highest BCUT2D eigenvalue weighted by Gasteiger charge is 1.98. The number of halogens is 1. The Balaban J connectivity index is 1.76. The molecule has 18 heavy (non-hydrogen) atoms. The van der Waals surface area contributed by atoms with E-state index in [-0.39, 0.29) is 0 Å². The lowest BCUT2D eigenvalue weighted by atomic mass is 10.1. The van der Waals surface area contributed by atoms with Crippen LogP contribution in [0.3, 0.4) is 0 Å². The third-order valence-corrected chi connectivity index (χ3v) is 3.00. The molecule has 0 spiro atoms. The standard InChI is InChI=1S/C15H16ClNO/c16-14-7-5-12(6-8-14)11-18-10-9-13-3-1-2-4-15(13)17/h1-8H,9-11,17H2. The summed E-state index contributed by atoms with van der Waals surface area (Å²) >= 11 is 5.82. The molecule has 0 aliphatic rings. The minimum atomic E-state index is 0.601. The summed E-state index contributed by atoms with van der Waals surface area (Å²) in [5.41, 5.74) is 8.95. The number of anilines is 1. The first kappa shape index (κ1) is 12.9. The molecule has 0 radical (unpaired) electrons. The molecule has 2 nitrogen and oxygen atoms in total. The van der Waals surface area contributed by atoms with Gasteiger partial charge in [-0.05, 0) is 35.7 Å². The van der Waals surface area contributed by atoms with Gasteiger partial charge in [-0.15, -0.1) is 0 Å². The van der Waals surface area contributed by atoms with Crippen LogP contribution in [0.15, 0.2) is 48.5 Å². The summed E-state index contributed by atoms with van der Waals surface area (Å²) < 4.78 is 5.62. The lowest BCUT2D eigenvalue weighted by Gasteiger charge is -2.06. The molecular formula is C15H16ClNO. The fraction of sp³-hybridized carbons (Fsp3) is 0.200. The predicted molar refractivity (Wildman–Crippen MR) is 75.7 cm³/mol. The predicted octanol–water partition coefficient (Wildman–Crippen LogP) is 3.68. The second-order valence-electron chi connectivity index (χ2n) is 4.13. The zero-order chi connectivity index (χ0) is 12.8. The van der Waals surface area contributed by atoms with E-state index in [0.717, 1.165) is 28.3 Å². The van der Waals surface area contributed by atoms with E-state index in [1.54, 1.807) is 0 Å². The number of nitrogen functional groups attached to an aromatic ring is 1. The number of benzene rings is 2. The largest absolute Gasteiger partial charge is 0.399 e. The fourth-order valence-corrected chi connectivity index (χ4v) is 1.84. The van der Waals surface area contributed by atoms with Crippen molar-refractivity contribution >= 4 is 17.3 Å². The molecular weight excluding hydrogens is 246 g/mol. The van der Waals surface area contributed by atoms with Crippen molar-refractivity contribution in [3.63, 3.8) is 0 Å². The van der Waals surface area contributed by atoms with Crippen molar-refractivity contribution in [2.45, 2.75) is 13.0 Å². The molecule has 0 saturated carbocycles. The lowest BCUT2D eigenvalue weighted by Crippen LogP contribution is -2.01. The van der Waals surface area contributed by atoms with Crippen LogP contribution in [0.5, 0.6) is 0 Å². The van der Waals surface area contributed by atoms with Gasteiger partial charge in [0.1, 0.15) is 0 Å². The lowest BCUT2D eigenvalue weighted by molar-refractivity contribution is 0.124. The normalized spacial score (nSPS) is 10.5. The van der Waals surface area contributed by atoms with Crippen LogP contribution in [0.1, 0.15) is 11.1 Å². The van der Waals surface area contributed by atoms with Crippen LogP contribution in [0.4, 0.5) is 5.69 Å². The van der Waals surface area contributed by atoms with Gasteiger partial charge in [-0.25, -0.2) is 0 Å². The maximum atomic E-state index is 5.86. The first-order chi connectivity index (χ1) is 8.75. The van der Waals surface area contributed by atoms with Crippen LogP contribution in [0.2, 0.25) is 5.02 Å². The maximum Gasteiger partial charge on any atom is 0.0717 e. The molecule has 2 aromatic rings. The highest BCUT2D eigenvalue weighted by molar-refractivity contribution is 6.30. The van der Waals surface area contributed by atoms with E-state index in [1.807, 2.05) is 48.5 Å². The zero-order valence-corrected chi connectivity index (χ0v) is 10.9. The van der Waals surface area contributed by atoms with Gasteiger partial charge in [0.05, 0.1) is 13.2 Å². The molecule has 0 unspecified atom stereocenters. The van der Waals surface area contributed by atoms with Gasteiger partial charge < -0.3 is 10.5 Å². The first-order valence-electron chi connectivity index (χ1n) is 5.91. The number of rotatable bonds is 5. The van der Waals surface area contributed by atoms with E-state index < -0.39 is 0 Å². The summed E-state index contributed by atoms with van der Waals surface area (Å²) in [5.74, 6) is 0. The van der Waals surface area contributed by atoms with Gasteiger partial charge in [0.25, 0.3) is 0 Å². The molecule has 3 heteroatoms. The Bertz CT molecular complexity index is 496. The summed E-state index contributed by atoms with van der Waals surface area (Å²) in [6, 6.07) is 15.6. The Hall–Kier alpha value is -1.51. The number of nitrogens with two attached hydrogens (primary N) is 1. The van der Waals surface area contributed by atoms with Crippen LogP contribution in [0.25, 0.3) is 0 Å². The quantitative estimate of drug-likeness (QED) is 0.658. The molecule has 0 bridgehead atoms. The van der Waals surface area contributed by atoms with E-state index in [1.165, 1.54) is 0 Å². The molecule has 0 saturated heterocycles. The number of ether oxygens (including phenoxy) is 1. The van der Waals surface area contributed by atoms with Gasteiger partial charge >= 0.3 is 0 Å². The molecule has 2 aromatic carbocycles. The van der Waals surface area contributed by atoms with E-state index in [9.17, 15) is 0 Å². The molecule has 0 aliphatic carbocycles. The van der Waals surface area contributed by atoms with Crippen LogP contribution < -0.4 is 5.73 Å². The monoisotopic (exact) mass is 261 g/mol. The maximum absolute atomic E-state index is 5.86. The van der Waals surface area contributed by atoms with Crippen LogP contribution in [-0.4, -0.2) is 6.61 Å². The second-order valence-corrected chi connectivity index (χ2v) is 4.56. The van der Waals surface area contributed by atoms with Crippen molar-refractivity contribution < 1.29 is 4.74 Å². The number of hydrogen-bond acceptors (Lipinski definition) is 2. The van der Waals surface area contributed by atoms with Crippen molar-refractivity contribution in [2.75, 3.05) is 12.3 Å². The summed E-state index contributed by atoms with van der Waals surface area (Å²) in [6.07, 6.45) is 0.834. The molecule has 2 rings (SSSR count). The van der Waals surface area contributed by atoms with Crippen molar-refractivity contribution in [1.29, 1.82) is 0 Å². The van der Waals surface area contributed by atoms with E-state index in [2.05, 4.69) is 0 Å². The fourth-order valence-electron chi connectivity index (χ4n) is 1.71. The molecule has 0 heterocycles. The van der Waals surface area contributed by atoms with Crippen molar-refractivity contribution in [2.24, 2.45) is 0 Å². The van der Waals surface area contributed by atoms with Crippen molar-refractivity contribution in [3.05, 3.63) is 64.7 Å². The smallest absolute Gasteiger partial charge is 0.0717 e.